The lowest BCUT2D eigenvalue weighted by Crippen LogP contribution is -2.35. The van der Waals surface area contributed by atoms with Gasteiger partial charge in [-0.2, -0.15) is 5.26 Å². The fourth-order valence-electron chi connectivity index (χ4n) is 2.68. The first-order chi connectivity index (χ1) is 10.9. The minimum atomic E-state index is -1.11. The molecule has 0 saturated carbocycles. The van der Waals surface area contributed by atoms with Crippen molar-refractivity contribution in [1.29, 1.82) is 10.7 Å². The second-order valence-electron chi connectivity index (χ2n) is 5.14. The zero-order chi connectivity index (χ0) is 16.7. The summed E-state index contributed by atoms with van der Waals surface area (Å²) in [6.07, 6.45) is 0. The third-order valence-corrected chi connectivity index (χ3v) is 4.15. The molecule has 0 spiro atoms. The molecule has 2 heterocycles. The topological polar surface area (TPSA) is 87.1 Å². The first kappa shape index (κ1) is 15.4. The van der Waals surface area contributed by atoms with Crippen LogP contribution in [0.3, 0.4) is 0 Å². The third kappa shape index (κ3) is 2.55. The summed E-state index contributed by atoms with van der Waals surface area (Å²) in [5, 5.41) is 17.3. The van der Waals surface area contributed by atoms with Crippen LogP contribution in [0.4, 0.5) is 4.39 Å². The van der Waals surface area contributed by atoms with E-state index in [1.165, 1.54) is 24.3 Å². The number of nitrogens with one attached hydrogen (secondary N) is 1. The van der Waals surface area contributed by atoms with Crippen LogP contribution in [0.15, 0.2) is 37.9 Å². The number of nitriles is 1. The van der Waals surface area contributed by atoms with Crippen molar-refractivity contribution in [1.82, 2.24) is 0 Å². The Bertz CT molecular complexity index is 917. The smallest absolute Gasteiger partial charge is 0.343 e. The highest BCUT2D eigenvalue weighted by Crippen LogP contribution is 2.41. The number of rotatable bonds is 1. The fourth-order valence-corrected chi connectivity index (χ4v) is 3.06. The molecule has 0 radical (unpaired) electrons. The molecule has 1 aliphatic rings. The van der Waals surface area contributed by atoms with E-state index in [4.69, 9.17) is 14.6 Å². The number of nitrogens with zero attached hydrogens (tertiary/aromatic N) is 1. The fraction of sp³-hybridized carbons (Fsp3) is 0.188. The summed E-state index contributed by atoms with van der Waals surface area (Å²) >= 11 is 3.25. The van der Waals surface area contributed by atoms with Gasteiger partial charge in [-0.25, -0.2) is 9.18 Å². The van der Waals surface area contributed by atoms with Gasteiger partial charge in [-0.05, 0) is 30.7 Å². The number of hydrogen-bond donors (Lipinski definition) is 1. The predicted octanol–water partition coefficient (Wildman–Crippen LogP) is 3.49. The number of ether oxygens (including phenoxy) is 1. The highest BCUT2D eigenvalue weighted by atomic mass is 79.9. The summed E-state index contributed by atoms with van der Waals surface area (Å²) < 4.78 is 25.3. The van der Waals surface area contributed by atoms with E-state index in [2.05, 4.69) is 15.9 Å². The quantitative estimate of drug-likeness (QED) is 0.824. The van der Waals surface area contributed by atoms with Crippen molar-refractivity contribution in [3.8, 4) is 11.8 Å². The molecule has 7 heteroatoms. The monoisotopic (exact) mass is 376 g/mol. The van der Waals surface area contributed by atoms with Gasteiger partial charge in [-0.15, -0.1) is 0 Å². The lowest BCUT2D eigenvalue weighted by molar-refractivity contribution is 0.399. The van der Waals surface area contributed by atoms with Gasteiger partial charge in [0, 0.05) is 16.5 Å². The van der Waals surface area contributed by atoms with Gasteiger partial charge in [-0.3, -0.25) is 5.41 Å². The van der Waals surface area contributed by atoms with Crippen LogP contribution in [0, 0.1) is 35.4 Å². The minimum absolute atomic E-state index is 0.0511. The van der Waals surface area contributed by atoms with Crippen LogP contribution in [-0.2, 0) is 0 Å². The maximum absolute atomic E-state index is 14.3. The molecule has 1 aromatic heterocycles. The average Bonchev–Trinajstić information content (AvgIpc) is 2.48. The van der Waals surface area contributed by atoms with Crippen LogP contribution < -0.4 is 10.4 Å². The number of benzene rings is 1. The Kier molecular flexibility index (Phi) is 3.78. The molecule has 1 aliphatic heterocycles. The molecule has 1 N–H and O–H groups in total. The Morgan fingerprint density at radius 1 is 1.39 bits per heavy atom. The molecule has 2 atom stereocenters. The molecule has 0 bridgehead atoms. The van der Waals surface area contributed by atoms with Crippen molar-refractivity contribution in [3.63, 3.8) is 0 Å². The summed E-state index contributed by atoms with van der Waals surface area (Å²) in [5.41, 5.74) is -0.511. The van der Waals surface area contributed by atoms with E-state index < -0.39 is 23.3 Å². The van der Waals surface area contributed by atoms with Crippen LogP contribution in [0.25, 0.3) is 0 Å². The second-order valence-corrected chi connectivity index (χ2v) is 6.05. The van der Waals surface area contributed by atoms with E-state index in [-0.39, 0.29) is 22.8 Å². The predicted molar refractivity (Wildman–Crippen MR) is 83.1 cm³/mol. The van der Waals surface area contributed by atoms with Gasteiger partial charge in [0.1, 0.15) is 23.2 Å². The van der Waals surface area contributed by atoms with Crippen molar-refractivity contribution < 1.29 is 13.5 Å². The van der Waals surface area contributed by atoms with E-state index in [0.717, 1.165) is 0 Å². The van der Waals surface area contributed by atoms with Gasteiger partial charge in [0.15, 0.2) is 0 Å². The van der Waals surface area contributed by atoms with Gasteiger partial charge >= 0.3 is 5.63 Å². The summed E-state index contributed by atoms with van der Waals surface area (Å²) in [6.45, 7) is 1.57. The molecule has 3 rings (SSSR count). The molecule has 23 heavy (non-hydrogen) atoms. The summed E-state index contributed by atoms with van der Waals surface area (Å²) in [5.74, 6) is -2.54. The van der Waals surface area contributed by atoms with E-state index >= 15 is 0 Å². The molecule has 0 fully saturated rings. The van der Waals surface area contributed by atoms with E-state index in [0.29, 0.717) is 10.2 Å². The Morgan fingerprint density at radius 3 is 2.83 bits per heavy atom. The molecule has 5 nitrogen and oxygen atoms in total. The Morgan fingerprint density at radius 2 is 2.13 bits per heavy atom. The van der Waals surface area contributed by atoms with Crippen LogP contribution >= 0.6 is 15.9 Å². The molecule has 116 valence electrons. The minimum Gasteiger partial charge on any atom is -0.441 e. The van der Waals surface area contributed by atoms with E-state index in [1.54, 1.807) is 6.92 Å². The number of halogens is 2. The zero-order valence-corrected chi connectivity index (χ0v) is 13.5. The molecular formula is C16H10BrFN2O3. The summed E-state index contributed by atoms with van der Waals surface area (Å²) in [7, 11) is 0. The highest BCUT2D eigenvalue weighted by molar-refractivity contribution is 9.10. The highest BCUT2D eigenvalue weighted by Gasteiger charge is 2.41. The Labute approximate surface area is 138 Å². The Balaban J connectivity index is 2.34. The van der Waals surface area contributed by atoms with Crippen molar-refractivity contribution in [2.75, 3.05) is 0 Å². The van der Waals surface area contributed by atoms with Gasteiger partial charge in [0.2, 0.25) is 5.90 Å². The lowest BCUT2D eigenvalue weighted by atomic mass is 9.79. The summed E-state index contributed by atoms with van der Waals surface area (Å²) in [4.78, 5) is 12.3. The largest absolute Gasteiger partial charge is 0.441 e. The van der Waals surface area contributed by atoms with Gasteiger partial charge in [0.05, 0.1) is 11.6 Å². The third-order valence-electron chi connectivity index (χ3n) is 3.65. The summed E-state index contributed by atoms with van der Waals surface area (Å²) in [6, 6.07) is 7.63. The maximum Gasteiger partial charge on any atom is 0.343 e. The molecule has 1 aromatic carbocycles. The second kappa shape index (κ2) is 5.63. The first-order valence-corrected chi connectivity index (χ1v) is 7.47. The first-order valence-electron chi connectivity index (χ1n) is 6.68. The number of aryl methyl sites for hydroxylation is 1. The average molecular weight is 377 g/mol. The molecule has 2 aromatic rings. The normalized spacial score (nSPS) is 19.7. The standard InChI is InChI=1S/C16H10BrFN2O3/c1-7-4-12-14(16(21)22-7)13(10(6-19)15(20)23-12)9-5-8(17)2-3-11(9)18/h2-5,10,13,20H,1H3. The lowest BCUT2D eigenvalue weighted by Gasteiger charge is -2.29. The van der Waals surface area contributed by atoms with Crippen LogP contribution in [0.2, 0.25) is 0 Å². The Hall–Kier alpha value is -2.46. The molecule has 0 aliphatic carbocycles. The van der Waals surface area contributed by atoms with Crippen molar-refractivity contribution in [2.45, 2.75) is 12.8 Å². The van der Waals surface area contributed by atoms with Crippen molar-refractivity contribution in [2.24, 2.45) is 5.92 Å². The SMILES string of the molecule is Cc1cc2c(c(=O)o1)C(c1cc(Br)ccc1F)C(C#N)C(=N)O2. The molecule has 0 saturated heterocycles. The van der Waals surface area contributed by atoms with Gasteiger partial charge < -0.3 is 9.15 Å². The zero-order valence-electron chi connectivity index (χ0n) is 11.9. The van der Waals surface area contributed by atoms with Gasteiger partial charge in [0.25, 0.3) is 0 Å². The van der Waals surface area contributed by atoms with Crippen LogP contribution in [0.1, 0.15) is 22.8 Å². The molecule has 0 amide bonds. The van der Waals surface area contributed by atoms with Crippen LogP contribution in [0.5, 0.6) is 5.75 Å². The maximum atomic E-state index is 14.3. The number of fused-ring (bicyclic) bond motifs is 1. The molecular weight excluding hydrogens is 367 g/mol. The van der Waals surface area contributed by atoms with E-state index in [9.17, 15) is 14.4 Å². The van der Waals surface area contributed by atoms with Crippen molar-refractivity contribution >= 4 is 21.8 Å². The molecule has 2 unspecified atom stereocenters. The van der Waals surface area contributed by atoms with E-state index in [1.807, 2.05) is 6.07 Å². The van der Waals surface area contributed by atoms with Gasteiger partial charge in [-0.1, -0.05) is 15.9 Å². The van der Waals surface area contributed by atoms with Crippen LogP contribution in [-0.4, -0.2) is 5.90 Å². The number of hydrogen-bond acceptors (Lipinski definition) is 5. The van der Waals surface area contributed by atoms with Crippen molar-refractivity contribution in [3.05, 3.63) is 61.9 Å².